The fourth-order valence-electron chi connectivity index (χ4n) is 4.35. The van der Waals surface area contributed by atoms with Gasteiger partial charge in [-0.3, -0.25) is 4.79 Å². The van der Waals surface area contributed by atoms with Crippen LogP contribution in [0.1, 0.15) is 59.0 Å². The lowest BCUT2D eigenvalue weighted by atomic mass is 9.94. The molecular weight excluding hydrogens is 511 g/mol. The monoisotopic (exact) mass is 543 g/mol. The van der Waals surface area contributed by atoms with Gasteiger partial charge in [0.15, 0.2) is 6.10 Å². The maximum atomic E-state index is 13.0. The molecule has 1 amide bonds. The van der Waals surface area contributed by atoms with Crippen molar-refractivity contribution in [3.8, 4) is 16.9 Å². The van der Waals surface area contributed by atoms with Crippen LogP contribution in [0.3, 0.4) is 0 Å². The Labute approximate surface area is 225 Å². The number of rotatable bonds is 10. The van der Waals surface area contributed by atoms with Gasteiger partial charge < -0.3 is 20.3 Å². The number of benzene rings is 3. The number of hydrogen-bond donors (Lipinski definition) is 3. The molecule has 0 fully saturated rings. The SMILES string of the molecule is Cc1cc(OC(CC(C)C)c2ccc(C(=O)NC[C@@H](O)C(=O)O)cc2)cc(C)c1-c1ccc(C(F)(F)F)cc1. The highest BCUT2D eigenvalue weighted by atomic mass is 19.4. The van der Waals surface area contributed by atoms with E-state index in [-0.39, 0.29) is 6.10 Å². The molecule has 0 saturated heterocycles. The van der Waals surface area contributed by atoms with Crippen LogP contribution in [0, 0.1) is 19.8 Å². The van der Waals surface area contributed by atoms with Gasteiger partial charge in [0.25, 0.3) is 5.91 Å². The average molecular weight is 544 g/mol. The third-order valence-corrected chi connectivity index (χ3v) is 6.26. The highest BCUT2D eigenvalue weighted by molar-refractivity contribution is 5.94. The van der Waals surface area contributed by atoms with Crippen LogP contribution in [0.15, 0.2) is 60.7 Å². The Hall–Kier alpha value is -3.85. The minimum Gasteiger partial charge on any atom is -0.486 e. The first-order valence-corrected chi connectivity index (χ1v) is 12.5. The second-order valence-corrected chi connectivity index (χ2v) is 9.93. The highest BCUT2D eigenvalue weighted by Gasteiger charge is 2.30. The van der Waals surface area contributed by atoms with Crippen molar-refractivity contribution < 1.29 is 37.7 Å². The first-order valence-electron chi connectivity index (χ1n) is 12.5. The van der Waals surface area contributed by atoms with Gasteiger partial charge in [-0.2, -0.15) is 13.2 Å². The second-order valence-electron chi connectivity index (χ2n) is 9.93. The van der Waals surface area contributed by atoms with E-state index in [9.17, 15) is 27.9 Å². The molecule has 0 heterocycles. The van der Waals surface area contributed by atoms with Gasteiger partial charge >= 0.3 is 12.1 Å². The predicted molar refractivity (Wildman–Crippen MR) is 142 cm³/mol. The zero-order valence-electron chi connectivity index (χ0n) is 22.2. The molecule has 39 heavy (non-hydrogen) atoms. The summed E-state index contributed by atoms with van der Waals surface area (Å²) >= 11 is 0. The van der Waals surface area contributed by atoms with Gasteiger partial charge in [0.2, 0.25) is 0 Å². The molecule has 2 atom stereocenters. The van der Waals surface area contributed by atoms with E-state index in [0.717, 1.165) is 34.4 Å². The molecule has 9 heteroatoms. The van der Waals surface area contributed by atoms with Gasteiger partial charge in [-0.05, 0) is 90.4 Å². The number of carboxylic acid groups (broad SMARTS) is 1. The molecule has 0 saturated carbocycles. The number of alkyl halides is 3. The molecule has 3 rings (SSSR count). The number of aliphatic hydroxyl groups is 1. The van der Waals surface area contributed by atoms with Gasteiger partial charge in [-0.25, -0.2) is 4.79 Å². The predicted octanol–water partition coefficient (Wildman–Crippen LogP) is 6.33. The summed E-state index contributed by atoms with van der Waals surface area (Å²) < 4.78 is 45.3. The summed E-state index contributed by atoms with van der Waals surface area (Å²) in [6.45, 7) is 7.50. The van der Waals surface area contributed by atoms with Crippen LogP contribution in [-0.2, 0) is 11.0 Å². The first kappa shape index (κ1) is 29.7. The molecule has 0 spiro atoms. The molecule has 3 aromatic rings. The number of halogens is 3. The Balaban J connectivity index is 1.80. The zero-order valence-corrected chi connectivity index (χ0v) is 22.2. The average Bonchev–Trinajstić information content (AvgIpc) is 2.86. The van der Waals surface area contributed by atoms with Crippen LogP contribution >= 0.6 is 0 Å². The van der Waals surface area contributed by atoms with E-state index in [1.54, 1.807) is 24.3 Å². The van der Waals surface area contributed by atoms with Crippen molar-refractivity contribution in [1.29, 1.82) is 0 Å². The fourth-order valence-corrected chi connectivity index (χ4v) is 4.35. The quantitative estimate of drug-likeness (QED) is 0.278. The number of carbonyl (C=O) groups is 2. The van der Waals surface area contributed by atoms with E-state index in [1.165, 1.54) is 12.1 Å². The van der Waals surface area contributed by atoms with Crippen molar-refractivity contribution in [1.82, 2.24) is 5.32 Å². The number of aryl methyl sites for hydroxylation is 2. The summed E-state index contributed by atoms with van der Waals surface area (Å²) in [4.78, 5) is 23.0. The Morgan fingerprint density at radius 1 is 0.949 bits per heavy atom. The summed E-state index contributed by atoms with van der Waals surface area (Å²) in [5.74, 6) is -1.01. The summed E-state index contributed by atoms with van der Waals surface area (Å²) in [6.07, 6.45) is -5.72. The van der Waals surface area contributed by atoms with Gasteiger partial charge in [0, 0.05) is 5.56 Å². The molecule has 0 radical (unpaired) electrons. The lowest BCUT2D eigenvalue weighted by Crippen LogP contribution is -2.36. The zero-order chi connectivity index (χ0) is 28.9. The topological polar surface area (TPSA) is 95.9 Å². The van der Waals surface area contributed by atoms with Gasteiger partial charge in [0.05, 0.1) is 12.1 Å². The second kappa shape index (κ2) is 12.3. The summed E-state index contributed by atoms with van der Waals surface area (Å²) in [5.41, 5.74) is 3.72. The van der Waals surface area contributed by atoms with Crippen molar-refractivity contribution in [3.05, 3.63) is 88.5 Å². The molecule has 0 aliphatic heterocycles. The van der Waals surface area contributed by atoms with Crippen molar-refractivity contribution in [2.75, 3.05) is 6.54 Å². The summed E-state index contributed by atoms with van der Waals surface area (Å²) in [5, 5.41) is 20.5. The number of nitrogens with one attached hydrogen (secondary N) is 1. The Bertz CT molecular complexity index is 1280. The molecule has 3 aromatic carbocycles. The third-order valence-electron chi connectivity index (χ3n) is 6.26. The van der Waals surface area contributed by atoms with Crippen LogP contribution in [0.5, 0.6) is 5.75 Å². The largest absolute Gasteiger partial charge is 0.486 e. The lowest BCUT2D eigenvalue weighted by molar-refractivity contribution is -0.146. The molecule has 1 unspecified atom stereocenters. The normalized spacial score (nSPS) is 13.2. The van der Waals surface area contributed by atoms with Gasteiger partial charge in [0.1, 0.15) is 11.9 Å². The fraction of sp³-hybridized carbons (Fsp3) is 0.333. The number of carboxylic acids is 1. The number of amides is 1. The maximum absolute atomic E-state index is 13.0. The van der Waals surface area contributed by atoms with Crippen molar-refractivity contribution in [2.45, 2.75) is 52.5 Å². The molecule has 0 aliphatic carbocycles. The molecule has 0 bridgehead atoms. The standard InChI is InChI=1S/C30H32F3NO5/c1-17(2)13-26(20-5-7-22(8-6-20)28(36)34-16-25(35)29(37)38)39-24-14-18(3)27(19(4)15-24)21-9-11-23(12-10-21)30(31,32)33/h5-12,14-15,17,25-26,35H,13,16H2,1-4H3,(H,34,36)(H,37,38)/t25-,26?/m1/s1. The molecule has 6 nitrogen and oxygen atoms in total. The number of carbonyl (C=O) groups excluding carboxylic acids is 1. The smallest absolute Gasteiger partial charge is 0.416 e. The van der Waals surface area contributed by atoms with Crippen LogP contribution in [0.25, 0.3) is 11.1 Å². The number of aliphatic hydroxyl groups excluding tert-OH is 1. The third kappa shape index (κ3) is 7.83. The molecule has 3 N–H and O–H groups in total. The summed E-state index contributed by atoms with van der Waals surface area (Å²) in [7, 11) is 0. The van der Waals surface area contributed by atoms with Gasteiger partial charge in [-0.15, -0.1) is 0 Å². The minimum atomic E-state index is -4.39. The highest BCUT2D eigenvalue weighted by Crippen LogP contribution is 2.36. The number of aliphatic carboxylic acids is 1. The number of ether oxygens (including phenoxy) is 1. The van der Waals surface area contributed by atoms with Crippen molar-refractivity contribution >= 4 is 11.9 Å². The Morgan fingerprint density at radius 2 is 1.51 bits per heavy atom. The van der Waals surface area contributed by atoms with E-state index in [0.29, 0.717) is 29.2 Å². The van der Waals surface area contributed by atoms with E-state index >= 15 is 0 Å². The van der Waals surface area contributed by atoms with E-state index < -0.39 is 36.3 Å². The van der Waals surface area contributed by atoms with Crippen LogP contribution in [-0.4, -0.2) is 34.7 Å². The van der Waals surface area contributed by atoms with Crippen LogP contribution < -0.4 is 10.1 Å². The maximum Gasteiger partial charge on any atom is 0.416 e. The van der Waals surface area contributed by atoms with Crippen molar-refractivity contribution in [3.63, 3.8) is 0 Å². The summed E-state index contributed by atoms with van der Waals surface area (Å²) in [6, 6.07) is 15.6. The van der Waals surface area contributed by atoms with E-state index in [2.05, 4.69) is 19.2 Å². The van der Waals surface area contributed by atoms with Crippen LogP contribution in [0.2, 0.25) is 0 Å². The molecule has 208 valence electrons. The van der Waals surface area contributed by atoms with E-state index in [1.807, 2.05) is 26.0 Å². The van der Waals surface area contributed by atoms with Crippen molar-refractivity contribution in [2.24, 2.45) is 5.92 Å². The minimum absolute atomic E-state index is 0.295. The Morgan fingerprint density at radius 3 is 2.00 bits per heavy atom. The first-order chi connectivity index (χ1) is 18.3. The molecular formula is C30H32F3NO5. The molecule has 0 aliphatic rings. The van der Waals surface area contributed by atoms with Gasteiger partial charge in [-0.1, -0.05) is 38.1 Å². The van der Waals surface area contributed by atoms with Crippen LogP contribution in [0.4, 0.5) is 13.2 Å². The number of hydrogen-bond acceptors (Lipinski definition) is 4. The lowest BCUT2D eigenvalue weighted by Gasteiger charge is -2.23. The Kier molecular flexibility index (Phi) is 9.40. The van der Waals surface area contributed by atoms with E-state index in [4.69, 9.17) is 9.84 Å². The molecule has 0 aromatic heterocycles.